The molecule has 0 atom stereocenters. The Labute approximate surface area is 153 Å². The van der Waals surface area contributed by atoms with Crippen LogP contribution in [-0.4, -0.2) is 24.5 Å². The summed E-state index contributed by atoms with van der Waals surface area (Å²) in [4.78, 5) is 16.5. The molecule has 0 aliphatic rings. The highest BCUT2D eigenvalue weighted by Gasteiger charge is 2.10. The van der Waals surface area contributed by atoms with Crippen molar-refractivity contribution in [1.82, 2.24) is 10.3 Å². The quantitative estimate of drug-likeness (QED) is 0.708. The Morgan fingerprint density at radius 1 is 1.15 bits per heavy atom. The van der Waals surface area contributed by atoms with E-state index in [-0.39, 0.29) is 5.56 Å². The highest BCUT2D eigenvalue weighted by molar-refractivity contribution is 7.13. The van der Waals surface area contributed by atoms with Gasteiger partial charge in [0.2, 0.25) is 0 Å². The van der Waals surface area contributed by atoms with Gasteiger partial charge >= 0.3 is 0 Å². The maximum absolute atomic E-state index is 13.2. The Hall–Kier alpha value is -2.80. The molecule has 7 heteroatoms. The molecule has 26 heavy (non-hydrogen) atoms. The largest absolute Gasteiger partial charge is 0.497 e. The van der Waals surface area contributed by atoms with Crippen LogP contribution < -0.4 is 10.1 Å². The molecule has 1 aromatic heterocycles. The lowest BCUT2D eigenvalue weighted by atomic mass is 10.2. The van der Waals surface area contributed by atoms with Gasteiger partial charge in [-0.25, -0.2) is 13.8 Å². The van der Waals surface area contributed by atoms with Crippen molar-refractivity contribution < 1.29 is 18.3 Å². The van der Waals surface area contributed by atoms with E-state index in [2.05, 4.69) is 10.3 Å². The highest BCUT2D eigenvalue weighted by atomic mass is 32.1. The van der Waals surface area contributed by atoms with Crippen molar-refractivity contribution in [3.05, 3.63) is 70.7 Å². The van der Waals surface area contributed by atoms with Gasteiger partial charge in [-0.05, 0) is 42.5 Å². The fourth-order valence-electron chi connectivity index (χ4n) is 2.33. The van der Waals surface area contributed by atoms with Crippen molar-refractivity contribution in [2.24, 2.45) is 0 Å². The molecule has 0 aliphatic heterocycles. The number of nitrogens with one attached hydrogen (secondary N) is 1. The van der Waals surface area contributed by atoms with E-state index >= 15 is 0 Å². The fraction of sp³-hybridized carbons (Fsp3) is 0.158. The van der Waals surface area contributed by atoms with Crippen LogP contribution in [0.4, 0.5) is 8.78 Å². The Morgan fingerprint density at radius 2 is 1.92 bits per heavy atom. The van der Waals surface area contributed by atoms with Crippen molar-refractivity contribution in [3.63, 3.8) is 0 Å². The summed E-state index contributed by atoms with van der Waals surface area (Å²) in [6.45, 7) is 0.351. The van der Waals surface area contributed by atoms with E-state index in [4.69, 9.17) is 4.74 Å². The van der Waals surface area contributed by atoms with Gasteiger partial charge in [-0.1, -0.05) is 0 Å². The van der Waals surface area contributed by atoms with Crippen LogP contribution in [0.25, 0.3) is 10.6 Å². The number of hydrogen-bond donors (Lipinski definition) is 1. The molecule has 0 bridgehead atoms. The summed E-state index contributed by atoms with van der Waals surface area (Å²) in [6, 6.07) is 10.7. The maximum atomic E-state index is 13.2. The monoisotopic (exact) mass is 374 g/mol. The second-order valence-electron chi connectivity index (χ2n) is 5.51. The first-order chi connectivity index (χ1) is 12.6. The smallest absolute Gasteiger partial charge is 0.251 e. The molecule has 1 N–H and O–H groups in total. The number of carbonyl (C=O) groups is 1. The molecule has 0 spiro atoms. The summed E-state index contributed by atoms with van der Waals surface area (Å²) in [6.07, 6.45) is 0.544. The number of nitrogens with zero attached hydrogens (tertiary/aromatic N) is 1. The molecule has 0 aliphatic carbocycles. The third-order valence-electron chi connectivity index (χ3n) is 3.74. The van der Waals surface area contributed by atoms with Crippen LogP contribution in [0, 0.1) is 11.6 Å². The molecular weight excluding hydrogens is 358 g/mol. The lowest BCUT2D eigenvalue weighted by molar-refractivity contribution is 0.0953. The van der Waals surface area contributed by atoms with Crippen molar-refractivity contribution >= 4 is 17.2 Å². The Bertz CT molecular complexity index is 910. The average molecular weight is 374 g/mol. The molecule has 0 radical (unpaired) electrons. The topological polar surface area (TPSA) is 51.2 Å². The van der Waals surface area contributed by atoms with Gasteiger partial charge in [0, 0.05) is 29.5 Å². The third-order valence-corrected chi connectivity index (χ3v) is 4.68. The number of hydrogen-bond acceptors (Lipinski definition) is 4. The Morgan fingerprint density at radius 3 is 2.62 bits per heavy atom. The minimum Gasteiger partial charge on any atom is -0.497 e. The molecule has 3 rings (SSSR count). The van der Waals surface area contributed by atoms with Crippen molar-refractivity contribution in [2.75, 3.05) is 13.7 Å². The predicted molar refractivity (Wildman–Crippen MR) is 96.5 cm³/mol. The molecule has 0 saturated carbocycles. The van der Waals surface area contributed by atoms with Crippen LogP contribution in [0.3, 0.4) is 0 Å². The van der Waals surface area contributed by atoms with Gasteiger partial charge in [0.15, 0.2) is 11.6 Å². The van der Waals surface area contributed by atoms with Crippen LogP contribution in [0.1, 0.15) is 16.1 Å². The minimum atomic E-state index is -1.04. The normalized spacial score (nSPS) is 10.6. The fourth-order valence-corrected chi connectivity index (χ4v) is 3.19. The van der Waals surface area contributed by atoms with Crippen molar-refractivity contribution in [3.8, 4) is 16.3 Å². The maximum Gasteiger partial charge on any atom is 0.251 e. The van der Waals surface area contributed by atoms with Crippen LogP contribution in [0.5, 0.6) is 5.75 Å². The molecule has 2 aromatic carbocycles. The number of aromatic nitrogens is 1. The number of thiazole rings is 1. The van der Waals surface area contributed by atoms with Gasteiger partial charge in [0.05, 0.1) is 12.8 Å². The number of rotatable bonds is 6. The first kappa shape index (κ1) is 18.0. The van der Waals surface area contributed by atoms with Gasteiger partial charge in [-0.2, -0.15) is 0 Å². The molecule has 4 nitrogen and oxygen atoms in total. The minimum absolute atomic E-state index is 0.0844. The lowest BCUT2D eigenvalue weighted by Crippen LogP contribution is -2.25. The molecule has 3 aromatic rings. The summed E-state index contributed by atoms with van der Waals surface area (Å²) in [5, 5.41) is 5.50. The van der Waals surface area contributed by atoms with E-state index in [0.717, 1.165) is 34.1 Å². The second kappa shape index (κ2) is 8.05. The molecule has 1 amide bonds. The summed E-state index contributed by atoms with van der Waals surface area (Å²) in [5.74, 6) is -1.68. The van der Waals surface area contributed by atoms with E-state index in [9.17, 15) is 13.6 Å². The second-order valence-corrected chi connectivity index (χ2v) is 6.37. The van der Waals surface area contributed by atoms with Gasteiger partial charge in [-0.15, -0.1) is 11.3 Å². The van der Waals surface area contributed by atoms with Gasteiger partial charge in [0.1, 0.15) is 10.8 Å². The predicted octanol–water partition coefficient (Wildman–Crippen LogP) is 4.07. The molecule has 0 saturated heterocycles. The average Bonchev–Trinajstić information content (AvgIpc) is 3.13. The van der Waals surface area contributed by atoms with Crippen molar-refractivity contribution in [2.45, 2.75) is 6.42 Å². The van der Waals surface area contributed by atoms with Crippen molar-refractivity contribution in [1.29, 1.82) is 0 Å². The summed E-state index contributed by atoms with van der Waals surface area (Å²) in [5.41, 5.74) is 1.93. The lowest BCUT2D eigenvalue weighted by Gasteiger charge is -2.04. The number of benzene rings is 2. The zero-order valence-corrected chi connectivity index (χ0v) is 14.8. The van der Waals surface area contributed by atoms with E-state index < -0.39 is 17.5 Å². The number of amides is 1. The molecule has 0 unspecified atom stereocenters. The summed E-state index contributed by atoms with van der Waals surface area (Å²) < 4.78 is 31.2. The number of carbonyl (C=O) groups excluding carboxylic acids is 1. The third kappa shape index (κ3) is 4.23. The van der Waals surface area contributed by atoms with Gasteiger partial charge < -0.3 is 10.1 Å². The summed E-state index contributed by atoms with van der Waals surface area (Å²) >= 11 is 1.52. The standard InChI is InChI=1S/C19H16F2N2O2S/c1-25-15-5-2-12(3-6-15)19-23-14(11-26-19)8-9-22-18(24)13-4-7-16(20)17(21)10-13/h2-7,10-11H,8-9H2,1H3,(H,22,24). The molecule has 0 fully saturated rings. The van der Waals surface area contributed by atoms with Crippen LogP contribution >= 0.6 is 11.3 Å². The number of methoxy groups -OCH3 is 1. The molecular formula is C19H16F2N2O2S. The molecule has 134 valence electrons. The van der Waals surface area contributed by atoms with E-state index in [0.29, 0.717) is 13.0 Å². The first-order valence-corrected chi connectivity index (χ1v) is 8.77. The number of ether oxygens (including phenoxy) is 1. The van der Waals surface area contributed by atoms with Gasteiger partial charge in [-0.3, -0.25) is 4.79 Å². The summed E-state index contributed by atoms with van der Waals surface area (Å²) in [7, 11) is 1.62. The molecule has 1 heterocycles. The Kier molecular flexibility index (Phi) is 5.58. The highest BCUT2D eigenvalue weighted by Crippen LogP contribution is 2.25. The Balaban J connectivity index is 1.56. The number of halogens is 2. The first-order valence-electron chi connectivity index (χ1n) is 7.89. The zero-order chi connectivity index (χ0) is 18.5. The van der Waals surface area contributed by atoms with E-state index in [1.807, 2.05) is 29.6 Å². The van der Waals surface area contributed by atoms with Gasteiger partial charge in [0.25, 0.3) is 5.91 Å². The van der Waals surface area contributed by atoms with Crippen LogP contribution in [0.2, 0.25) is 0 Å². The zero-order valence-electron chi connectivity index (χ0n) is 14.0. The van der Waals surface area contributed by atoms with E-state index in [1.165, 1.54) is 17.4 Å². The SMILES string of the molecule is COc1ccc(-c2nc(CCNC(=O)c3ccc(F)c(F)c3)cs2)cc1. The van der Waals surface area contributed by atoms with E-state index in [1.54, 1.807) is 7.11 Å². The van der Waals surface area contributed by atoms with Crippen LogP contribution in [-0.2, 0) is 6.42 Å². The van der Waals surface area contributed by atoms with Crippen LogP contribution in [0.15, 0.2) is 47.8 Å².